The Morgan fingerprint density at radius 2 is 1.32 bits per heavy atom. The van der Waals surface area contributed by atoms with Crippen molar-refractivity contribution in [3.8, 4) is 0 Å². The number of aliphatic hydroxyl groups excluding tert-OH is 1. The minimum absolute atomic E-state index is 0.0401. The molecular weight excluding hydrogens is 837 g/mol. The molecule has 4 atom stereocenters. The molecule has 13 N–H and O–H groups in total. The number of H-pyrrole nitrogens is 1. The number of fused-ring (bicyclic) bond motifs is 1. The molecule has 1 aliphatic carbocycles. The van der Waals surface area contributed by atoms with Crippen molar-refractivity contribution in [2.24, 2.45) is 11.5 Å². The lowest BCUT2D eigenvalue weighted by Crippen LogP contribution is -2.66. The molecule has 1 heterocycles. The third-order valence-corrected chi connectivity index (χ3v) is 12.2. The normalized spacial score (nSPS) is 17.6. The van der Waals surface area contributed by atoms with Crippen LogP contribution in [0.25, 0.3) is 10.9 Å². The number of carbonyl (C=O) groups excluding carboxylic acids is 5. The molecule has 5 amide bonds. The van der Waals surface area contributed by atoms with Gasteiger partial charge in [-0.15, -0.1) is 0 Å². The maximum Gasteiger partial charge on any atom is 0.243 e. The summed E-state index contributed by atoms with van der Waals surface area (Å²) < 4.78 is 0. The van der Waals surface area contributed by atoms with E-state index in [0.29, 0.717) is 32.1 Å². The smallest absolute Gasteiger partial charge is 0.243 e. The molecule has 1 aliphatic rings. The van der Waals surface area contributed by atoms with Crippen molar-refractivity contribution in [1.29, 1.82) is 5.41 Å². The highest BCUT2D eigenvalue weighted by atomic mass is 16.3. The van der Waals surface area contributed by atoms with Crippen LogP contribution in [-0.2, 0) is 43.2 Å². The fourth-order valence-electron chi connectivity index (χ4n) is 8.69. The van der Waals surface area contributed by atoms with Crippen molar-refractivity contribution in [2.75, 3.05) is 13.1 Å². The van der Waals surface area contributed by atoms with Crippen LogP contribution in [0.1, 0.15) is 73.1 Å². The second kappa shape index (κ2) is 23.8. The first kappa shape index (κ1) is 48.4. The molecule has 16 nitrogen and oxygen atoms in total. The number of carbonyl (C=O) groups is 5. The van der Waals surface area contributed by atoms with Crippen LogP contribution in [-0.4, -0.2) is 88.6 Å². The van der Waals surface area contributed by atoms with Crippen molar-refractivity contribution in [3.63, 3.8) is 0 Å². The highest BCUT2D eigenvalue weighted by Gasteiger charge is 2.44. The van der Waals surface area contributed by atoms with Gasteiger partial charge in [-0.05, 0) is 79.2 Å². The van der Waals surface area contributed by atoms with Crippen molar-refractivity contribution in [3.05, 3.63) is 144 Å². The predicted octanol–water partition coefficient (Wildman–Crippen LogP) is 2.91. The monoisotopic (exact) mass is 898 g/mol. The summed E-state index contributed by atoms with van der Waals surface area (Å²) in [4.78, 5) is 71.3. The van der Waals surface area contributed by atoms with Crippen molar-refractivity contribution < 1.29 is 29.1 Å². The third-order valence-electron chi connectivity index (χ3n) is 12.2. The van der Waals surface area contributed by atoms with E-state index >= 15 is 0 Å². The average molecular weight is 899 g/mol. The molecule has 1 fully saturated rings. The summed E-state index contributed by atoms with van der Waals surface area (Å²) >= 11 is 0. The Kier molecular flexibility index (Phi) is 17.4. The second-order valence-corrected chi connectivity index (χ2v) is 17.0. The number of hydrogen-bond donors (Lipinski definition) is 11. The molecule has 1 aromatic heterocycles. The van der Waals surface area contributed by atoms with Crippen LogP contribution >= 0.6 is 0 Å². The maximum atomic E-state index is 14.7. The van der Waals surface area contributed by atoms with Crippen LogP contribution in [0.3, 0.4) is 0 Å². The number of aromatic nitrogens is 1. The zero-order chi connectivity index (χ0) is 46.9. The van der Waals surface area contributed by atoms with E-state index in [1.807, 2.05) is 103 Å². The third kappa shape index (κ3) is 14.0. The lowest BCUT2D eigenvalue weighted by atomic mass is 9.73. The van der Waals surface area contributed by atoms with Gasteiger partial charge >= 0.3 is 0 Å². The van der Waals surface area contributed by atoms with E-state index in [2.05, 4.69) is 49.0 Å². The topological polar surface area (TPSA) is 269 Å². The zero-order valence-electron chi connectivity index (χ0n) is 37.1. The van der Waals surface area contributed by atoms with Crippen LogP contribution in [0.15, 0.2) is 121 Å². The van der Waals surface area contributed by atoms with Gasteiger partial charge in [0.15, 0.2) is 5.96 Å². The summed E-state index contributed by atoms with van der Waals surface area (Å²) in [6.07, 6.45) is 3.17. The Balaban J connectivity index is 1.25. The van der Waals surface area contributed by atoms with E-state index in [9.17, 15) is 29.1 Å². The molecule has 1 unspecified atom stereocenters. The number of benzene rings is 4. The van der Waals surface area contributed by atoms with Gasteiger partial charge in [-0.1, -0.05) is 109 Å². The first-order valence-electron chi connectivity index (χ1n) is 22.6. The fourth-order valence-corrected chi connectivity index (χ4v) is 8.69. The van der Waals surface area contributed by atoms with Gasteiger partial charge in [0.05, 0.1) is 18.0 Å². The first-order chi connectivity index (χ1) is 31.9. The molecule has 1 saturated carbocycles. The number of rotatable bonds is 23. The Labute approximate surface area is 385 Å². The molecule has 0 bridgehead atoms. The number of guanidine groups is 1. The minimum atomic E-state index is -1.38. The Morgan fingerprint density at radius 3 is 1.98 bits per heavy atom. The number of primary amides is 1. The number of para-hydroxylation sites is 1. The van der Waals surface area contributed by atoms with Gasteiger partial charge in [0.2, 0.25) is 29.5 Å². The van der Waals surface area contributed by atoms with Crippen LogP contribution < -0.4 is 43.4 Å². The number of nitrogens with two attached hydrogens (primary N) is 2. The van der Waals surface area contributed by atoms with Gasteiger partial charge in [-0.3, -0.25) is 34.7 Å². The van der Waals surface area contributed by atoms with Gasteiger partial charge in [0.1, 0.15) is 18.3 Å². The van der Waals surface area contributed by atoms with E-state index in [4.69, 9.17) is 16.9 Å². The van der Waals surface area contributed by atoms with Gasteiger partial charge in [-0.25, -0.2) is 0 Å². The summed E-state index contributed by atoms with van der Waals surface area (Å²) in [7, 11) is 0. The summed E-state index contributed by atoms with van der Waals surface area (Å²) in [5, 5.41) is 38.4. The standard InChI is InChI=1S/C50H62N10O6/c51-43(61)24-28-54-45(63)42(31-37-32-56-39-20-11-10-19-38(37)39)58-46(64)40(21-12-27-55-49(52)53)57-47(65)41(29-33-13-4-1-5-14-33)59-48(66)50(60-44(62)30-34-15-6-2-7-16-34)25-22-36(23-26-50)35-17-8-3-9-18-35/h1-11,13-20,32,36,40-42,48,56,59,66H,12,21-31H2,(H2,51,61)(H,54,63)(H,57,65)(H,58,64)(H,60,62)(H4,52,53,55)/t36-,40-,41+,42-,48?,50+/m0/s1. The molecular formula is C50H62N10O6. The summed E-state index contributed by atoms with van der Waals surface area (Å²) in [6.45, 7) is 0.183. The summed E-state index contributed by atoms with van der Waals surface area (Å²) in [5.41, 5.74) is 14.1. The average Bonchev–Trinajstić information content (AvgIpc) is 3.72. The van der Waals surface area contributed by atoms with Gasteiger partial charge in [0, 0.05) is 43.0 Å². The van der Waals surface area contributed by atoms with E-state index in [1.54, 1.807) is 6.20 Å². The SMILES string of the molecule is N=C(N)NCCC[C@H](NC(=O)[C@@H](Cc1ccccc1)NC(O)[C@]1(NC(=O)Cc2ccccc2)CC[C@@H](c2ccccc2)CC1)C(=O)N[C@@H](Cc1c[nH]c2ccccc12)C(=O)NCCC(N)=O. The molecule has 6 rings (SSSR count). The zero-order valence-corrected chi connectivity index (χ0v) is 37.1. The molecule has 0 saturated heterocycles. The number of amides is 5. The van der Waals surface area contributed by atoms with E-state index in [-0.39, 0.29) is 63.0 Å². The van der Waals surface area contributed by atoms with Gasteiger partial charge in [-0.2, -0.15) is 0 Å². The van der Waals surface area contributed by atoms with Gasteiger partial charge in [0.25, 0.3) is 0 Å². The van der Waals surface area contributed by atoms with Crippen LogP contribution in [0.4, 0.5) is 0 Å². The van der Waals surface area contributed by atoms with Crippen LogP contribution in [0, 0.1) is 5.41 Å². The summed E-state index contributed by atoms with van der Waals surface area (Å²) in [5.74, 6) is -2.70. The highest BCUT2D eigenvalue weighted by Crippen LogP contribution is 2.39. The Hall–Kier alpha value is -7.04. The number of aromatic amines is 1. The predicted molar refractivity (Wildman–Crippen MR) is 254 cm³/mol. The van der Waals surface area contributed by atoms with Crippen molar-refractivity contribution in [1.82, 2.24) is 36.9 Å². The maximum absolute atomic E-state index is 14.7. The van der Waals surface area contributed by atoms with Crippen molar-refractivity contribution in [2.45, 2.75) is 100 Å². The second-order valence-electron chi connectivity index (χ2n) is 17.0. The van der Waals surface area contributed by atoms with Crippen LogP contribution in [0.5, 0.6) is 0 Å². The molecule has 66 heavy (non-hydrogen) atoms. The van der Waals surface area contributed by atoms with Crippen molar-refractivity contribution >= 4 is 46.4 Å². The number of nitrogens with one attached hydrogen (secondary N) is 8. The first-order valence-corrected chi connectivity index (χ1v) is 22.6. The molecule has 0 spiro atoms. The molecule has 16 heteroatoms. The van der Waals surface area contributed by atoms with E-state index < -0.39 is 53.5 Å². The Bertz CT molecular complexity index is 2390. The number of aliphatic hydroxyl groups is 1. The molecule has 348 valence electrons. The lowest BCUT2D eigenvalue weighted by Gasteiger charge is -2.45. The molecule has 0 radical (unpaired) electrons. The molecule has 4 aromatic carbocycles. The minimum Gasteiger partial charge on any atom is -0.376 e. The Morgan fingerprint density at radius 1 is 0.712 bits per heavy atom. The van der Waals surface area contributed by atoms with E-state index in [0.717, 1.165) is 27.6 Å². The highest BCUT2D eigenvalue weighted by molar-refractivity contribution is 5.94. The fraction of sp³-hybridized carbons (Fsp3) is 0.360. The molecule has 0 aliphatic heterocycles. The van der Waals surface area contributed by atoms with Gasteiger partial charge < -0.3 is 48.1 Å². The molecule has 5 aromatic rings. The quantitative estimate of drug-likeness (QED) is 0.0199. The lowest BCUT2D eigenvalue weighted by molar-refractivity contribution is -0.133. The summed E-state index contributed by atoms with van der Waals surface area (Å²) in [6, 6.07) is 32.9. The largest absolute Gasteiger partial charge is 0.376 e. The number of hydrogen-bond acceptors (Lipinski definition) is 8. The van der Waals surface area contributed by atoms with E-state index in [1.165, 1.54) is 5.56 Å². The van der Waals surface area contributed by atoms with Crippen LogP contribution in [0.2, 0.25) is 0 Å².